The van der Waals surface area contributed by atoms with Crippen LogP contribution in [0.25, 0.3) is 0 Å². The first-order chi connectivity index (χ1) is 12.5. The summed E-state index contributed by atoms with van der Waals surface area (Å²) in [5.74, 6) is -2.66. The van der Waals surface area contributed by atoms with Crippen LogP contribution in [0.5, 0.6) is 0 Å². The third kappa shape index (κ3) is 7.51. The number of hydrogen-bond acceptors (Lipinski definition) is 2. The van der Waals surface area contributed by atoms with E-state index in [2.05, 4.69) is 13.0 Å². The minimum atomic E-state index is -1.11. The summed E-state index contributed by atoms with van der Waals surface area (Å²) in [4.78, 5) is 23.3. The van der Waals surface area contributed by atoms with E-state index >= 15 is 0 Å². The molecular formula is C22H38O4. The van der Waals surface area contributed by atoms with Gasteiger partial charge in [-0.25, -0.2) is 0 Å². The maximum absolute atomic E-state index is 11.8. The van der Waals surface area contributed by atoms with E-state index in [-0.39, 0.29) is 0 Å². The van der Waals surface area contributed by atoms with Crippen molar-refractivity contribution >= 4 is 11.9 Å². The molecule has 1 saturated carbocycles. The molecule has 0 aromatic carbocycles. The lowest BCUT2D eigenvalue weighted by atomic mass is 9.64. The largest absolute Gasteiger partial charge is 0.481 e. The Balaban J connectivity index is 2.26. The molecule has 4 nitrogen and oxygen atoms in total. The van der Waals surface area contributed by atoms with E-state index < -0.39 is 23.3 Å². The number of aliphatic carboxylic acids is 2. The van der Waals surface area contributed by atoms with Gasteiger partial charge in [0.25, 0.3) is 0 Å². The van der Waals surface area contributed by atoms with Gasteiger partial charge in [-0.1, -0.05) is 83.3 Å². The molecule has 0 amide bonds. The van der Waals surface area contributed by atoms with E-state index in [9.17, 15) is 19.8 Å². The molecule has 0 spiro atoms. The van der Waals surface area contributed by atoms with E-state index in [4.69, 9.17) is 0 Å². The van der Waals surface area contributed by atoms with Crippen molar-refractivity contribution in [1.82, 2.24) is 0 Å². The summed E-state index contributed by atoms with van der Waals surface area (Å²) in [6, 6.07) is 0. The van der Waals surface area contributed by atoms with Gasteiger partial charge in [0, 0.05) is 0 Å². The van der Waals surface area contributed by atoms with Crippen molar-refractivity contribution in [3.63, 3.8) is 0 Å². The molecule has 0 saturated heterocycles. The maximum Gasteiger partial charge on any atom is 0.310 e. The van der Waals surface area contributed by atoms with Gasteiger partial charge < -0.3 is 10.2 Å². The van der Waals surface area contributed by atoms with Crippen molar-refractivity contribution in [3.8, 4) is 0 Å². The smallest absolute Gasteiger partial charge is 0.310 e. The van der Waals surface area contributed by atoms with Crippen molar-refractivity contribution in [1.29, 1.82) is 0 Å². The third-order valence-corrected chi connectivity index (χ3v) is 5.88. The number of carboxylic acids is 2. The lowest BCUT2D eigenvalue weighted by Crippen LogP contribution is -2.44. The molecule has 0 aliphatic heterocycles. The standard InChI is InChI=1S/C22H38O4/c1-2-3-4-5-6-7-8-9-10-11-12-14-17-22(21(25)26)18-15-13-16-19(22)20(23)24/h12,14,19H,2-11,13,15-18H2,1H3,(H,23,24)(H,25,26). The Morgan fingerprint density at radius 3 is 2.12 bits per heavy atom. The van der Waals surface area contributed by atoms with Crippen molar-refractivity contribution in [2.75, 3.05) is 0 Å². The maximum atomic E-state index is 11.8. The van der Waals surface area contributed by atoms with Gasteiger partial charge in [-0.2, -0.15) is 0 Å². The molecule has 2 N–H and O–H groups in total. The van der Waals surface area contributed by atoms with Gasteiger partial charge in [0.15, 0.2) is 0 Å². The number of carbonyl (C=O) groups is 2. The molecule has 1 rings (SSSR count). The first-order valence-corrected chi connectivity index (χ1v) is 10.7. The molecule has 26 heavy (non-hydrogen) atoms. The summed E-state index contributed by atoms with van der Waals surface area (Å²) in [7, 11) is 0. The Morgan fingerprint density at radius 2 is 1.54 bits per heavy atom. The van der Waals surface area contributed by atoms with Crippen molar-refractivity contribution in [2.45, 2.75) is 103 Å². The summed E-state index contributed by atoms with van der Waals surface area (Å²) in [5, 5.41) is 19.1. The summed E-state index contributed by atoms with van der Waals surface area (Å²) in [6.45, 7) is 2.24. The van der Waals surface area contributed by atoms with Gasteiger partial charge in [0.05, 0.1) is 11.3 Å². The number of carboxylic acid groups (broad SMARTS) is 2. The average Bonchev–Trinajstić information content (AvgIpc) is 2.62. The number of allylic oxidation sites excluding steroid dienone is 2. The van der Waals surface area contributed by atoms with Gasteiger partial charge in [-0.15, -0.1) is 0 Å². The van der Waals surface area contributed by atoms with Crippen LogP contribution in [0, 0.1) is 11.3 Å². The number of hydrogen-bond donors (Lipinski definition) is 2. The molecule has 0 radical (unpaired) electrons. The van der Waals surface area contributed by atoms with E-state index in [0.29, 0.717) is 19.3 Å². The van der Waals surface area contributed by atoms with Gasteiger partial charge >= 0.3 is 11.9 Å². The lowest BCUT2D eigenvalue weighted by molar-refractivity contribution is -0.165. The van der Waals surface area contributed by atoms with Crippen LogP contribution in [-0.2, 0) is 9.59 Å². The first kappa shape index (κ1) is 22.7. The second kappa shape index (κ2) is 12.9. The molecule has 0 aromatic rings. The highest BCUT2D eigenvalue weighted by molar-refractivity contribution is 5.83. The van der Waals surface area contributed by atoms with Crippen LogP contribution in [0.4, 0.5) is 0 Å². The highest BCUT2D eigenvalue weighted by Gasteiger charge is 2.49. The van der Waals surface area contributed by atoms with Crippen LogP contribution in [0.2, 0.25) is 0 Å². The van der Waals surface area contributed by atoms with Gasteiger partial charge in [-0.3, -0.25) is 9.59 Å². The van der Waals surface area contributed by atoms with Gasteiger partial charge in [-0.05, 0) is 32.1 Å². The predicted octanol–water partition coefficient (Wildman–Crippen LogP) is 6.20. The summed E-state index contributed by atoms with van der Waals surface area (Å²) in [5.41, 5.74) is -1.11. The van der Waals surface area contributed by atoms with Crippen LogP contribution in [-0.4, -0.2) is 22.2 Å². The summed E-state index contributed by atoms with van der Waals surface area (Å²) in [6.07, 6.45) is 19.5. The zero-order valence-corrected chi connectivity index (χ0v) is 16.5. The highest BCUT2D eigenvalue weighted by atomic mass is 16.4. The van der Waals surface area contributed by atoms with E-state index in [1.807, 2.05) is 6.08 Å². The van der Waals surface area contributed by atoms with Gasteiger partial charge in [0.1, 0.15) is 0 Å². The summed E-state index contributed by atoms with van der Waals surface area (Å²) >= 11 is 0. The van der Waals surface area contributed by atoms with E-state index in [1.54, 1.807) is 0 Å². The molecule has 0 heterocycles. The summed E-state index contributed by atoms with van der Waals surface area (Å²) < 4.78 is 0. The third-order valence-electron chi connectivity index (χ3n) is 5.88. The molecule has 1 aliphatic carbocycles. The van der Waals surface area contributed by atoms with Crippen molar-refractivity contribution in [2.24, 2.45) is 11.3 Å². The Morgan fingerprint density at radius 1 is 0.923 bits per heavy atom. The molecule has 1 aliphatic rings. The predicted molar refractivity (Wildman–Crippen MR) is 105 cm³/mol. The second-order valence-corrected chi connectivity index (χ2v) is 7.89. The van der Waals surface area contributed by atoms with Crippen molar-refractivity contribution in [3.05, 3.63) is 12.2 Å². The molecule has 1 fully saturated rings. The zero-order chi connectivity index (χ0) is 19.3. The molecular weight excluding hydrogens is 328 g/mol. The van der Waals surface area contributed by atoms with Crippen LogP contribution in [0.3, 0.4) is 0 Å². The number of rotatable bonds is 14. The fourth-order valence-corrected chi connectivity index (χ4v) is 4.17. The Hall–Kier alpha value is -1.32. The van der Waals surface area contributed by atoms with E-state index in [0.717, 1.165) is 25.7 Å². The minimum absolute atomic E-state index is 0.344. The molecule has 150 valence electrons. The Bertz CT molecular complexity index is 443. The van der Waals surface area contributed by atoms with Crippen LogP contribution < -0.4 is 0 Å². The molecule has 4 heteroatoms. The molecule has 0 aromatic heterocycles. The van der Waals surface area contributed by atoms with Crippen LogP contribution in [0.1, 0.15) is 103 Å². The second-order valence-electron chi connectivity index (χ2n) is 7.89. The monoisotopic (exact) mass is 366 g/mol. The first-order valence-electron chi connectivity index (χ1n) is 10.7. The number of unbranched alkanes of at least 4 members (excludes halogenated alkanes) is 9. The van der Waals surface area contributed by atoms with Gasteiger partial charge in [0.2, 0.25) is 0 Å². The highest BCUT2D eigenvalue weighted by Crippen LogP contribution is 2.45. The quantitative estimate of drug-likeness (QED) is 0.283. The molecule has 2 atom stereocenters. The van der Waals surface area contributed by atoms with E-state index in [1.165, 1.54) is 51.4 Å². The minimum Gasteiger partial charge on any atom is -0.481 e. The Labute approximate surface area is 159 Å². The lowest BCUT2D eigenvalue weighted by Gasteiger charge is -2.37. The molecule has 0 bridgehead atoms. The molecule has 2 unspecified atom stereocenters. The Kier molecular flexibility index (Phi) is 11.3. The fourth-order valence-electron chi connectivity index (χ4n) is 4.17. The van der Waals surface area contributed by atoms with Crippen LogP contribution >= 0.6 is 0 Å². The normalized spacial score (nSPS) is 23.3. The van der Waals surface area contributed by atoms with Crippen LogP contribution in [0.15, 0.2) is 12.2 Å². The SMILES string of the molecule is CCCCCCCCCCCC=CCC1(C(=O)O)CCCCC1C(=O)O. The fraction of sp³-hybridized carbons (Fsp3) is 0.818. The van der Waals surface area contributed by atoms with Crippen molar-refractivity contribution < 1.29 is 19.8 Å². The topological polar surface area (TPSA) is 74.6 Å². The average molecular weight is 367 g/mol. The zero-order valence-electron chi connectivity index (χ0n) is 16.5.